The van der Waals surface area contributed by atoms with Crippen molar-refractivity contribution < 1.29 is 9.59 Å². The first-order valence-corrected chi connectivity index (χ1v) is 6.71. The lowest BCUT2D eigenvalue weighted by atomic mass is 9.93. The second kappa shape index (κ2) is 4.56. The van der Waals surface area contributed by atoms with Gasteiger partial charge in [-0.1, -0.05) is 12.8 Å². The van der Waals surface area contributed by atoms with Gasteiger partial charge in [0.15, 0.2) is 5.78 Å². The average molecular weight is 243 g/mol. The van der Waals surface area contributed by atoms with Crippen molar-refractivity contribution in [1.82, 2.24) is 0 Å². The Bertz CT molecular complexity index is 501. The number of rotatable bonds is 2. The first-order chi connectivity index (χ1) is 8.74. The average Bonchev–Trinajstić information content (AvgIpc) is 2.91. The van der Waals surface area contributed by atoms with Gasteiger partial charge in [-0.3, -0.25) is 9.59 Å². The Hall–Kier alpha value is -1.64. The zero-order valence-corrected chi connectivity index (χ0v) is 10.4. The molecule has 1 aliphatic heterocycles. The number of benzene rings is 1. The number of hydrogen-bond donors (Lipinski definition) is 1. The van der Waals surface area contributed by atoms with E-state index in [-0.39, 0.29) is 17.6 Å². The normalized spacial score (nSPS) is 19.4. The van der Waals surface area contributed by atoms with E-state index in [9.17, 15) is 9.59 Å². The molecule has 3 nitrogen and oxygen atoms in total. The van der Waals surface area contributed by atoms with Gasteiger partial charge in [0.25, 0.3) is 0 Å². The molecule has 2 aliphatic rings. The van der Waals surface area contributed by atoms with E-state index < -0.39 is 0 Å². The second-order valence-electron chi connectivity index (χ2n) is 5.27. The van der Waals surface area contributed by atoms with Crippen LogP contribution in [0.3, 0.4) is 0 Å². The highest BCUT2D eigenvalue weighted by Crippen LogP contribution is 2.30. The lowest BCUT2D eigenvalue weighted by molar-refractivity contribution is -0.116. The van der Waals surface area contributed by atoms with Crippen molar-refractivity contribution in [2.75, 3.05) is 5.32 Å². The van der Waals surface area contributed by atoms with Gasteiger partial charge in [0.05, 0.1) is 0 Å². The molecule has 94 valence electrons. The lowest BCUT2D eigenvalue weighted by Crippen LogP contribution is -2.20. The number of carbonyl (C=O) groups excluding carboxylic acids is 2. The van der Waals surface area contributed by atoms with Gasteiger partial charge in [0.2, 0.25) is 5.91 Å². The van der Waals surface area contributed by atoms with Crippen molar-refractivity contribution >= 4 is 17.4 Å². The molecule has 0 spiro atoms. The number of hydrogen-bond acceptors (Lipinski definition) is 2. The van der Waals surface area contributed by atoms with Gasteiger partial charge in [-0.05, 0) is 43.0 Å². The van der Waals surface area contributed by atoms with Gasteiger partial charge < -0.3 is 5.32 Å². The zero-order chi connectivity index (χ0) is 12.5. The Balaban J connectivity index is 1.85. The molecular weight excluding hydrogens is 226 g/mol. The summed E-state index contributed by atoms with van der Waals surface area (Å²) in [6.07, 6.45) is 5.69. The maximum atomic E-state index is 12.3. The van der Waals surface area contributed by atoms with E-state index >= 15 is 0 Å². The smallest absolute Gasteiger partial charge is 0.224 e. The van der Waals surface area contributed by atoms with E-state index in [2.05, 4.69) is 5.32 Å². The van der Waals surface area contributed by atoms with Crippen LogP contribution in [0.25, 0.3) is 0 Å². The van der Waals surface area contributed by atoms with Gasteiger partial charge in [0.1, 0.15) is 0 Å². The minimum atomic E-state index is 0.0670. The summed E-state index contributed by atoms with van der Waals surface area (Å²) in [4.78, 5) is 23.6. The molecule has 1 N–H and O–H groups in total. The Morgan fingerprint density at radius 1 is 1.17 bits per heavy atom. The first kappa shape index (κ1) is 11.5. The summed E-state index contributed by atoms with van der Waals surface area (Å²) >= 11 is 0. The molecular formula is C15H17NO2. The lowest BCUT2D eigenvalue weighted by Gasteiger charge is -2.18. The molecule has 0 radical (unpaired) electrons. The van der Waals surface area contributed by atoms with Crippen LogP contribution in [0.1, 0.15) is 48.0 Å². The molecule has 1 heterocycles. The monoisotopic (exact) mass is 243 g/mol. The van der Waals surface area contributed by atoms with E-state index in [0.29, 0.717) is 6.42 Å². The molecule has 1 saturated carbocycles. The Morgan fingerprint density at radius 2 is 1.94 bits per heavy atom. The molecule has 3 heteroatoms. The number of amides is 1. The van der Waals surface area contributed by atoms with E-state index in [0.717, 1.165) is 36.1 Å². The van der Waals surface area contributed by atoms with Gasteiger partial charge >= 0.3 is 0 Å². The molecule has 0 unspecified atom stereocenters. The Kier molecular flexibility index (Phi) is 2.90. The van der Waals surface area contributed by atoms with Crippen LogP contribution < -0.4 is 5.32 Å². The quantitative estimate of drug-likeness (QED) is 0.812. The topological polar surface area (TPSA) is 46.2 Å². The van der Waals surface area contributed by atoms with Crippen LogP contribution in [0.2, 0.25) is 0 Å². The third-order valence-corrected chi connectivity index (χ3v) is 4.01. The zero-order valence-electron chi connectivity index (χ0n) is 10.4. The van der Waals surface area contributed by atoms with Crippen LogP contribution in [0.5, 0.6) is 0 Å². The standard InChI is InChI=1S/C15H17NO2/c17-14-8-6-11-9-12(5-7-13(11)16-14)15(18)10-3-1-2-4-10/h5,7,9-10H,1-4,6,8H2,(H,16,17). The number of carbonyl (C=O) groups is 2. The molecule has 0 aromatic heterocycles. The summed E-state index contributed by atoms with van der Waals surface area (Å²) in [7, 11) is 0. The third kappa shape index (κ3) is 2.05. The fourth-order valence-corrected chi connectivity index (χ4v) is 2.96. The van der Waals surface area contributed by atoms with Gasteiger partial charge in [-0.25, -0.2) is 0 Å². The molecule has 1 aliphatic carbocycles. The number of aryl methyl sites for hydroxylation is 1. The van der Waals surface area contributed by atoms with E-state index in [4.69, 9.17) is 0 Å². The highest BCUT2D eigenvalue weighted by atomic mass is 16.1. The van der Waals surface area contributed by atoms with Crippen LogP contribution in [-0.2, 0) is 11.2 Å². The van der Waals surface area contributed by atoms with Crippen molar-refractivity contribution in [3.8, 4) is 0 Å². The predicted octanol–water partition coefficient (Wildman–Crippen LogP) is 2.94. The predicted molar refractivity (Wildman–Crippen MR) is 69.7 cm³/mol. The molecule has 0 saturated heterocycles. The van der Waals surface area contributed by atoms with Crippen LogP contribution in [-0.4, -0.2) is 11.7 Å². The number of anilines is 1. The van der Waals surface area contributed by atoms with E-state index in [1.54, 1.807) is 0 Å². The van der Waals surface area contributed by atoms with Gasteiger partial charge in [0, 0.05) is 23.6 Å². The summed E-state index contributed by atoms with van der Waals surface area (Å²) in [5, 5.41) is 2.85. The number of Topliss-reactive ketones (excluding diaryl/α,β-unsaturated/α-hetero) is 1. The van der Waals surface area contributed by atoms with Crippen molar-refractivity contribution in [2.45, 2.75) is 38.5 Å². The minimum absolute atomic E-state index is 0.0670. The largest absolute Gasteiger partial charge is 0.326 e. The second-order valence-corrected chi connectivity index (χ2v) is 5.27. The van der Waals surface area contributed by atoms with Crippen LogP contribution in [0.4, 0.5) is 5.69 Å². The number of fused-ring (bicyclic) bond motifs is 1. The van der Waals surface area contributed by atoms with Gasteiger partial charge in [-0.15, -0.1) is 0 Å². The molecule has 3 rings (SSSR count). The summed E-state index contributed by atoms with van der Waals surface area (Å²) in [5.41, 5.74) is 2.78. The number of ketones is 1. The van der Waals surface area contributed by atoms with Crippen molar-refractivity contribution in [2.24, 2.45) is 5.92 Å². The molecule has 1 aromatic rings. The van der Waals surface area contributed by atoms with Crippen molar-refractivity contribution in [3.63, 3.8) is 0 Å². The highest BCUT2D eigenvalue weighted by molar-refractivity contribution is 6.00. The van der Waals surface area contributed by atoms with Crippen LogP contribution >= 0.6 is 0 Å². The summed E-state index contributed by atoms with van der Waals surface area (Å²) in [5.74, 6) is 0.575. The third-order valence-electron chi connectivity index (χ3n) is 4.01. The van der Waals surface area contributed by atoms with E-state index in [1.165, 1.54) is 12.8 Å². The minimum Gasteiger partial charge on any atom is -0.326 e. The summed E-state index contributed by atoms with van der Waals surface area (Å²) in [6.45, 7) is 0. The maximum Gasteiger partial charge on any atom is 0.224 e. The molecule has 0 bridgehead atoms. The fraction of sp³-hybridized carbons (Fsp3) is 0.467. The van der Waals surface area contributed by atoms with Crippen molar-refractivity contribution in [3.05, 3.63) is 29.3 Å². The van der Waals surface area contributed by atoms with Crippen molar-refractivity contribution in [1.29, 1.82) is 0 Å². The molecule has 1 aromatic carbocycles. The maximum absolute atomic E-state index is 12.3. The summed E-state index contributed by atoms with van der Waals surface area (Å²) in [6, 6.07) is 5.69. The molecule has 1 amide bonds. The molecule has 0 atom stereocenters. The Morgan fingerprint density at radius 3 is 2.72 bits per heavy atom. The fourth-order valence-electron chi connectivity index (χ4n) is 2.96. The number of nitrogens with one attached hydrogen (secondary N) is 1. The summed E-state index contributed by atoms with van der Waals surface area (Å²) < 4.78 is 0. The van der Waals surface area contributed by atoms with Crippen LogP contribution in [0, 0.1) is 5.92 Å². The Labute approximate surface area is 107 Å². The first-order valence-electron chi connectivity index (χ1n) is 6.71. The molecule has 18 heavy (non-hydrogen) atoms. The highest BCUT2D eigenvalue weighted by Gasteiger charge is 2.25. The SMILES string of the molecule is O=C1CCc2cc(C(=O)C3CCCC3)ccc2N1. The van der Waals surface area contributed by atoms with Gasteiger partial charge in [-0.2, -0.15) is 0 Å². The molecule has 1 fully saturated rings. The van der Waals surface area contributed by atoms with E-state index in [1.807, 2.05) is 18.2 Å². The van der Waals surface area contributed by atoms with Crippen LogP contribution in [0.15, 0.2) is 18.2 Å².